The van der Waals surface area contributed by atoms with E-state index in [1.54, 1.807) is 11.3 Å². The molecule has 0 amide bonds. The van der Waals surface area contributed by atoms with Crippen molar-refractivity contribution in [1.82, 2.24) is 4.98 Å². The number of aromatic nitrogens is 1. The van der Waals surface area contributed by atoms with Gasteiger partial charge in [0.1, 0.15) is 0 Å². The summed E-state index contributed by atoms with van der Waals surface area (Å²) < 4.78 is 1.18. The minimum Gasteiger partial charge on any atom is -0.375 e. The van der Waals surface area contributed by atoms with E-state index in [-0.39, 0.29) is 5.41 Å². The average Bonchev–Trinajstić information content (AvgIpc) is 2.63. The van der Waals surface area contributed by atoms with Gasteiger partial charge in [0, 0.05) is 25.3 Å². The maximum atomic E-state index is 5.99. The van der Waals surface area contributed by atoms with Crippen molar-refractivity contribution >= 4 is 50.7 Å². The molecule has 2 N–H and O–H groups in total. The largest absolute Gasteiger partial charge is 0.375 e. The summed E-state index contributed by atoms with van der Waals surface area (Å²) in [5.41, 5.74) is 8.25. The van der Waals surface area contributed by atoms with E-state index in [0.717, 1.165) is 17.1 Å². The average molecular weight is 407 g/mol. The lowest BCUT2D eigenvalue weighted by Gasteiger charge is -2.17. The second kappa shape index (κ2) is 5.58. The Morgan fingerprint density at radius 1 is 1.37 bits per heavy atom. The van der Waals surface area contributed by atoms with E-state index in [1.165, 1.54) is 14.0 Å². The smallest absolute Gasteiger partial charge is 0.180 e. The molecular weight excluding hydrogens is 391 g/mol. The van der Waals surface area contributed by atoms with E-state index in [1.807, 2.05) is 12.1 Å². The topological polar surface area (TPSA) is 38.9 Å². The van der Waals surface area contributed by atoms with Crippen LogP contribution in [0.4, 0.5) is 5.13 Å². The Bertz CT molecular complexity index is 602. The van der Waals surface area contributed by atoms with Crippen LogP contribution in [0.2, 0.25) is 5.02 Å². The van der Waals surface area contributed by atoms with Crippen molar-refractivity contribution in [1.29, 1.82) is 0 Å². The third kappa shape index (κ3) is 3.61. The molecule has 1 aromatic heterocycles. The molecule has 5 heteroatoms. The van der Waals surface area contributed by atoms with Crippen molar-refractivity contribution in [3.63, 3.8) is 0 Å². The standard InChI is InChI=1S/C14H16ClIN2S/c1-14(2,3)12-11(19-13(17)18-12)6-8-4-5-9(15)7-10(8)16/h4-5,7H,6H2,1-3H3,(H2,17,18). The highest BCUT2D eigenvalue weighted by Gasteiger charge is 2.23. The number of nitrogens with two attached hydrogens (primary N) is 1. The lowest BCUT2D eigenvalue weighted by atomic mass is 9.90. The summed E-state index contributed by atoms with van der Waals surface area (Å²) in [5.74, 6) is 0. The Kier molecular flexibility index (Phi) is 4.42. The van der Waals surface area contributed by atoms with Crippen LogP contribution in [0.5, 0.6) is 0 Å². The number of hydrogen-bond acceptors (Lipinski definition) is 3. The predicted molar refractivity (Wildman–Crippen MR) is 92.2 cm³/mol. The van der Waals surface area contributed by atoms with Gasteiger partial charge in [0.2, 0.25) is 0 Å². The van der Waals surface area contributed by atoms with E-state index in [4.69, 9.17) is 17.3 Å². The van der Waals surface area contributed by atoms with Crippen LogP contribution in [0.3, 0.4) is 0 Å². The molecule has 0 aliphatic rings. The van der Waals surface area contributed by atoms with Gasteiger partial charge in [0.05, 0.1) is 5.69 Å². The van der Waals surface area contributed by atoms with E-state index in [9.17, 15) is 0 Å². The zero-order valence-corrected chi connectivity index (χ0v) is 14.9. The molecule has 0 saturated heterocycles. The van der Waals surface area contributed by atoms with E-state index in [2.05, 4.69) is 54.4 Å². The molecule has 1 aromatic carbocycles. The Morgan fingerprint density at radius 2 is 2.05 bits per heavy atom. The number of rotatable bonds is 2. The SMILES string of the molecule is CC(C)(C)c1nc(N)sc1Cc1ccc(Cl)cc1I. The highest BCUT2D eigenvalue weighted by molar-refractivity contribution is 14.1. The molecule has 0 unspecified atom stereocenters. The first-order valence-corrected chi connectivity index (χ1v) is 8.24. The Labute approximate surface area is 136 Å². The Balaban J connectivity index is 2.38. The third-order valence-electron chi connectivity index (χ3n) is 2.79. The number of nitrogens with zero attached hydrogens (tertiary/aromatic N) is 1. The molecule has 0 bridgehead atoms. The summed E-state index contributed by atoms with van der Waals surface area (Å²) in [7, 11) is 0. The van der Waals surface area contributed by atoms with Crippen molar-refractivity contribution in [3.8, 4) is 0 Å². The monoisotopic (exact) mass is 406 g/mol. The van der Waals surface area contributed by atoms with Crippen LogP contribution in [-0.4, -0.2) is 4.98 Å². The van der Waals surface area contributed by atoms with Crippen LogP contribution < -0.4 is 5.73 Å². The van der Waals surface area contributed by atoms with Crippen LogP contribution in [0.1, 0.15) is 36.9 Å². The van der Waals surface area contributed by atoms with Gasteiger partial charge in [-0.2, -0.15) is 0 Å². The van der Waals surface area contributed by atoms with Crippen LogP contribution in [-0.2, 0) is 11.8 Å². The predicted octanol–water partition coefficient (Wildman–Crippen LogP) is 4.87. The van der Waals surface area contributed by atoms with Crippen LogP contribution in [0.25, 0.3) is 0 Å². The molecular formula is C14H16ClIN2S. The van der Waals surface area contributed by atoms with Crippen LogP contribution in [0.15, 0.2) is 18.2 Å². The molecule has 0 atom stereocenters. The molecule has 0 radical (unpaired) electrons. The lowest BCUT2D eigenvalue weighted by molar-refractivity contribution is 0.568. The lowest BCUT2D eigenvalue weighted by Crippen LogP contribution is -2.14. The second-order valence-corrected chi connectivity index (χ2v) is 8.20. The van der Waals surface area contributed by atoms with Gasteiger partial charge in [-0.05, 0) is 40.3 Å². The molecule has 1 heterocycles. The summed E-state index contributed by atoms with van der Waals surface area (Å²) in [6, 6.07) is 5.99. The summed E-state index contributed by atoms with van der Waals surface area (Å²) in [5, 5.41) is 1.41. The van der Waals surface area contributed by atoms with Gasteiger partial charge in [-0.15, -0.1) is 11.3 Å². The minimum atomic E-state index is 0.0152. The molecule has 102 valence electrons. The molecule has 0 fully saturated rings. The minimum absolute atomic E-state index is 0.0152. The highest BCUT2D eigenvalue weighted by Crippen LogP contribution is 2.33. The number of halogens is 2. The number of hydrogen-bond donors (Lipinski definition) is 1. The summed E-state index contributed by atoms with van der Waals surface area (Å²) in [6.45, 7) is 6.49. The first-order chi connectivity index (χ1) is 8.77. The number of thiazole rings is 1. The molecule has 2 nitrogen and oxygen atoms in total. The van der Waals surface area contributed by atoms with Gasteiger partial charge in [0.15, 0.2) is 5.13 Å². The zero-order chi connectivity index (χ0) is 14.2. The molecule has 0 saturated carbocycles. The van der Waals surface area contributed by atoms with Crippen molar-refractivity contribution < 1.29 is 0 Å². The molecule has 0 aliphatic heterocycles. The first kappa shape index (κ1) is 15.1. The fraction of sp³-hybridized carbons (Fsp3) is 0.357. The molecule has 0 aliphatic carbocycles. The maximum absolute atomic E-state index is 5.99. The van der Waals surface area contributed by atoms with Gasteiger partial charge in [-0.3, -0.25) is 0 Å². The number of benzene rings is 1. The first-order valence-electron chi connectivity index (χ1n) is 5.97. The van der Waals surface area contributed by atoms with Gasteiger partial charge >= 0.3 is 0 Å². The second-order valence-electron chi connectivity index (χ2n) is 5.49. The van der Waals surface area contributed by atoms with E-state index >= 15 is 0 Å². The van der Waals surface area contributed by atoms with Crippen molar-refractivity contribution in [3.05, 3.63) is 42.9 Å². The van der Waals surface area contributed by atoms with Crippen molar-refractivity contribution in [2.24, 2.45) is 0 Å². The quantitative estimate of drug-likeness (QED) is 0.723. The van der Waals surface area contributed by atoms with E-state index < -0.39 is 0 Å². The molecule has 2 aromatic rings. The van der Waals surface area contributed by atoms with Crippen LogP contribution in [0, 0.1) is 3.57 Å². The van der Waals surface area contributed by atoms with Crippen molar-refractivity contribution in [2.75, 3.05) is 5.73 Å². The Hall–Kier alpha value is -0.330. The fourth-order valence-corrected chi connectivity index (χ4v) is 4.04. The highest BCUT2D eigenvalue weighted by atomic mass is 127. The van der Waals surface area contributed by atoms with E-state index in [0.29, 0.717) is 5.13 Å². The molecule has 2 rings (SSSR count). The zero-order valence-electron chi connectivity index (χ0n) is 11.1. The fourth-order valence-electron chi connectivity index (χ4n) is 1.91. The number of nitrogen functional groups attached to an aromatic ring is 1. The summed E-state index contributed by atoms with van der Waals surface area (Å²) >= 11 is 9.89. The van der Waals surface area contributed by atoms with Gasteiger partial charge in [-0.25, -0.2) is 4.98 Å². The number of anilines is 1. The third-order valence-corrected chi connectivity index (χ3v) is 4.91. The van der Waals surface area contributed by atoms with Gasteiger partial charge in [0.25, 0.3) is 0 Å². The van der Waals surface area contributed by atoms with Gasteiger partial charge in [-0.1, -0.05) is 38.4 Å². The summed E-state index contributed by atoms with van der Waals surface area (Å²) in [4.78, 5) is 5.73. The summed E-state index contributed by atoms with van der Waals surface area (Å²) in [6.07, 6.45) is 0.858. The molecule has 0 spiro atoms. The van der Waals surface area contributed by atoms with Crippen LogP contribution >= 0.6 is 45.5 Å². The van der Waals surface area contributed by atoms with Crippen molar-refractivity contribution in [2.45, 2.75) is 32.6 Å². The molecule has 19 heavy (non-hydrogen) atoms. The Morgan fingerprint density at radius 3 is 2.63 bits per heavy atom. The van der Waals surface area contributed by atoms with Gasteiger partial charge < -0.3 is 5.73 Å². The normalized spacial score (nSPS) is 11.8. The maximum Gasteiger partial charge on any atom is 0.180 e.